The summed E-state index contributed by atoms with van der Waals surface area (Å²) in [6.07, 6.45) is 5.07. The molecule has 2 rings (SSSR count). The average molecular weight is 515 g/mol. The van der Waals surface area contributed by atoms with E-state index in [2.05, 4.69) is 96.7 Å². The van der Waals surface area contributed by atoms with E-state index < -0.39 is 0 Å². The maximum Gasteiger partial charge on any atom is 0.0474 e. The molecule has 0 bridgehead atoms. The fourth-order valence-corrected chi connectivity index (χ4v) is 5.11. The lowest BCUT2D eigenvalue weighted by molar-refractivity contribution is 0.544. The van der Waals surface area contributed by atoms with Crippen LogP contribution in [0.25, 0.3) is 0 Å². The fraction of sp³-hybridized carbons (Fsp3) is 0.500. The van der Waals surface area contributed by atoms with Gasteiger partial charge in [0.25, 0.3) is 0 Å². The maximum absolute atomic E-state index is 5.91. The lowest BCUT2D eigenvalue weighted by atomic mass is 9.84. The second-order valence-corrected chi connectivity index (χ2v) is 9.76. The topological polar surface area (TPSA) is 0 Å². The Morgan fingerprint density at radius 3 is 2.15 bits per heavy atom. The van der Waals surface area contributed by atoms with E-state index in [4.69, 9.17) is 11.6 Å². The Morgan fingerprint density at radius 2 is 1.56 bits per heavy atom. The van der Waals surface area contributed by atoms with Crippen molar-refractivity contribution >= 4 is 46.0 Å². The van der Waals surface area contributed by atoms with Crippen LogP contribution in [0.2, 0.25) is 0 Å². The molecule has 0 aromatic heterocycles. The first-order chi connectivity index (χ1) is 13.2. The van der Waals surface area contributed by atoms with Crippen molar-refractivity contribution < 1.29 is 0 Å². The molecule has 0 aliphatic carbocycles. The van der Waals surface area contributed by atoms with Gasteiger partial charge in [-0.1, -0.05) is 85.0 Å². The van der Waals surface area contributed by atoms with Crippen molar-refractivity contribution in [3.05, 3.63) is 70.8 Å². The van der Waals surface area contributed by atoms with E-state index in [1.807, 2.05) is 0 Å². The second kappa shape index (κ2) is 13.1. The molecule has 0 saturated carbocycles. The van der Waals surface area contributed by atoms with Gasteiger partial charge in [0.05, 0.1) is 0 Å². The molecule has 0 N–H and O–H groups in total. The predicted molar refractivity (Wildman–Crippen MR) is 133 cm³/mol. The average Bonchev–Trinajstić information content (AvgIpc) is 2.72. The third-order valence-corrected chi connectivity index (χ3v) is 7.41. The lowest BCUT2D eigenvalue weighted by Gasteiger charge is -2.21. The smallest absolute Gasteiger partial charge is 0.0474 e. The molecule has 27 heavy (non-hydrogen) atoms. The Hall–Kier alpha value is -0.190. The van der Waals surface area contributed by atoms with Crippen LogP contribution in [-0.2, 0) is 11.6 Å². The molecule has 0 heterocycles. The number of thioether (sulfide) groups is 1. The Kier molecular flexibility index (Phi) is 11.2. The Morgan fingerprint density at radius 1 is 0.926 bits per heavy atom. The van der Waals surface area contributed by atoms with Gasteiger partial charge in [0.1, 0.15) is 0 Å². The highest BCUT2D eigenvalue weighted by molar-refractivity contribution is 14.1. The van der Waals surface area contributed by atoms with Gasteiger partial charge in [-0.3, -0.25) is 0 Å². The Balaban J connectivity index is 1.89. The van der Waals surface area contributed by atoms with Crippen LogP contribution in [0.5, 0.6) is 0 Å². The summed E-state index contributed by atoms with van der Waals surface area (Å²) in [7, 11) is 0. The molecule has 0 fully saturated rings. The minimum absolute atomic E-state index is 0.562. The van der Waals surface area contributed by atoms with Gasteiger partial charge in [-0.05, 0) is 70.0 Å². The van der Waals surface area contributed by atoms with Gasteiger partial charge in [0.15, 0.2) is 0 Å². The van der Waals surface area contributed by atoms with Crippen molar-refractivity contribution in [1.82, 2.24) is 0 Å². The number of benzene rings is 2. The van der Waals surface area contributed by atoms with Gasteiger partial charge < -0.3 is 0 Å². The summed E-state index contributed by atoms with van der Waals surface area (Å²) in [6, 6.07) is 18.2. The lowest BCUT2D eigenvalue weighted by Crippen LogP contribution is -2.04. The van der Waals surface area contributed by atoms with Gasteiger partial charge in [0, 0.05) is 11.6 Å². The van der Waals surface area contributed by atoms with Crippen LogP contribution in [0.1, 0.15) is 73.6 Å². The summed E-state index contributed by atoms with van der Waals surface area (Å²) in [4.78, 5) is 0. The number of hydrogen-bond acceptors (Lipinski definition) is 1. The summed E-state index contributed by atoms with van der Waals surface area (Å²) in [5.74, 6) is 4.20. The number of alkyl halides is 2. The van der Waals surface area contributed by atoms with Crippen LogP contribution in [0.15, 0.2) is 48.5 Å². The van der Waals surface area contributed by atoms with Crippen LogP contribution in [0, 0.1) is 0 Å². The zero-order valence-corrected chi connectivity index (χ0v) is 20.3. The number of unbranched alkanes of at least 4 members (excludes halogenated alkanes) is 1. The molecule has 0 radical (unpaired) electrons. The van der Waals surface area contributed by atoms with Crippen molar-refractivity contribution in [2.45, 2.75) is 63.0 Å². The summed E-state index contributed by atoms with van der Waals surface area (Å²) < 4.78 is 1.28. The zero-order chi connectivity index (χ0) is 19.5. The molecule has 0 aliphatic rings. The van der Waals surface area contributed by atoms with Gasteiger partial charge in [-0.2, -0.15) is 11.8 Å². The number of rotatable bonds is 12. The van der Waals surface area contributed by atoms with Crippen LogP contribution in [-0.4, -0.2) is 10.2 Å². The largest absolute Gasteiger partial charge is 0.157 e. The molecule has 2 atom stereocenters. The highest BCUT2D eigenvalue weighted by Crippen LogP contribution is 2.32. The molecule has 0 saturated heterocycles. The van der Waals surface area contributed by atoms with Crippen molar-refractivity contribution in [3.63, 3.8) is 0 Å². The van der Waals surface area contributed by atoms with Gasteiger partial charge in [-0.25, -0.2) is 0 Å². The molecule has 0 amide bonds. The van der Waals surface area contributed by atoms with Crippen molar-refractivity contribution in [2.75, 3.05) is 10.2 Å². The molecule has 3 heteroatoms. The molecule has 2 aromatic carbocycles. The molecule has 2 unspecified atom stereocenters. The third kappa shape index (κ3) is 7.98. The van der Waals surface area contributed by atoms with Gasteiger partial charge in [-0.15, -0.1) is 11.6 Å². The zero-order valence-electron chi connectivity index (χ0n) is 16.6. The summed E-state index contributed by atoms with van der Waals surface area (Å²) in [6.45, 7) is 4.66. The van der Waals surface area contributed by atoms with E-state index in [9.17, 15) is 0 Å². The van der Waals surface area contributed by atoms with E-state index in [1.165, 1.54) is 58.1 Å². The maximum atomic E-state index is 5.91. The van der Waals surface area contributed by atoms with E-state index in [0.29, 0.717) is 17.7 Å². The van der Waals surface area contributed by atoms with Crippen LogP contribution < -0.4 is 0 Å². The van der Waals surface area contributed by atoms with Gasteiger partial charge in [0.2, 0.25) is 0 Å². The minimum Gasteiger partial charge on any atom is -0.157 e. The SMILES string of the molecule is CCC(CC(C)c1ccc(CCl)cc1)c1ccc(CSCCCCI)cc1. The van der Waals surface area contributed by atoms with Crippen LogP contribution in [0.4, 0.5) is 0 Å². The van der Waals surface area contributed by atoms with Gasteiger partial charge >= 0.3 is 0 Å². The quantitative estimate of drug-likeness (QED) is 0.155. The third-order valence-electron chi connectivity index (χ3n) is 5.23. The van der Waals surface area contributed by atoms with E-state index in [-0.39, 0.29) is 0 Å². The fourth-order valence-electron chi connectivity index (χ4n) is 3.41. The molecule has 0 nitrogen and oxygen atoms in total. The summed E-state index contributed by atoms with van der Waals surface area (Å²) in [5, 5.41) is 0. The first kappa shape index (κ1) is 23.1. The van der Waals surface area contributed by atoms with Crippen molar-refractivity contribution in [3.8, 4) is 0 Å². The molecule has 2 aromatic rings. The molecule has 148 valence electrons. The molecular formula is C24H32ClIS. The van der Waals surface area contributed by atoms with Crippen LogP contribution in [0.3, 0.4) is 0 Å². The van der Waals surface area contributed by atoms with Crippen molar-refractivity contribution in [2.24, 2.45) is 0 Å². The standard InChI is InChI=1S/C24H32ClIS/c1-3-22(16-19(2)23-10-6-20(17-25)7-11-23)24-12-8-21(9-13-24)18-27-15-5-4-14-26/h6-13,19,22H,3-5,14-18H2,1-2H3. The molecular weight excluding hydrogens is 483 g/mol. The molecule has 0 aliphatic heterocycles. The summed E-state index contributed by atoms with van der Waals surface area (Å²) >= 11 is 10.4. The number of halogens is 2. The van der Waals surface area contributed by atoms with Crippen LogP contribution >= 0.6 is 46.0 Å². The van der Waals surface area contributed by atoms with E-state index in [0.717, 1.165) is 5.75 Å². The van der Waals surface area contributed by atoms with E-state index in [1.54, 1.807) is 0 Å². The first-order valence-corrected chi connectivity index (χ1v) is 13.3. The van der Waals surface area contributed by atoms with E-state index >= 15 is 0 Å². The Bertz CT molecular complexity index is 638. The Labute approximate surface area is 189 Å². The predicted octanol–water partition coefficient (Wildman–Crippen LogP) is 8.56. The highest BCUT2D eigenvalue weighted by Gasteiger charge is 2.15. The number of hydrogen-bond donors (Lipinski definition) is 0. The van der Waals surface area contributed by atoms with Crippen molar-refractivity contribution in [1.29, 1.82) is 0 Å². The molecule has 0 spiro atoms. The second-order valence-electron chi connectivity index (χ2n) is 7.31. The monoisotopic (exact) mass is 514 g/mol. The normalized spacial score (nSPS) is 13.5. The first-order valence-electron chi connectivity index (χ1n) is 10.0. The highest BCUT2D eigenvalue weighted by atomic mass is 127. The summed E-state index contributed by atoms with van der Waals surface area (Å²) in [5.41, 5.74) is 5.56. The minimum atomic E-state index is 0.562.